The van der Waals surface area contributed by atoms with Crippen molar-refractivity contribution in [2.45, 2.75) is 6.92 Å². The molecule has 0 aliphatic carbocycles. The van der Waals surface area contributed by atoms with Gasteiger partial charge in [-0.15, -0.1) is 0 Å². The molecule has 0 radical (unpaired) electrons. The smallest absolute Gasteiger partial charge is 0.270 e. The molecule has 0 bridgehead atoms. The second-order valence-electron chi connectivity index (χ2n) is 3.77. The number of carbonyl (C=O) groups excluding carboxylic acids is 1. The van der Waals surface area contributed by atoms with Gasteiger partial charge in [0.2, 0.25) is 5.91 Å². The van der Waals surface area contributed by atoms with E-state index in [2.05, 4.69) is 21.2 Å². The van der Waals surface area contributed by atoms with Crippen LogP contribution in [0.4, 0.5) is 11.4 Å². The van der Waals surface area contributed by atoms with E-state index >= 15 is 0 Å². The molecule has 6 heteroatoms. The molecular formula is C12H9BrN2O3. The largest absolute Gasteiger partial charge is 0.325 e. The van der Waals surface area contributed by atoms with E-state index in [9.17, 15) is 14.9 Å². The molecular weight excluding hydrogens is 300 g/mol. The van der Waals surface area contributed by atoms with Crippen LogP contribution in [0.1, 0.15) is 6.92 Å². The van der Waals surface area contributed by atoms with E-state index in [-0.39, 0.29) is 11.6 Å². The molecule has 92 valence electrons. The summed E-state index contributed by atoms with van der Waals surface area (Å²) in [5, 5.41) is 14.9. The fraction of sp³-hybridized carbons (Fsp3) is 0.0833. The Labute approximate surface area is 111 Å². The van der Waals surface area contributed by atoms with Crippen LogP contribution < -0.4 is 5.32 Å². The predicted molar refractivity (Wildman–Crippen MR) is 72.6 cm³/mol. The number of hydrogen-bond donors (Lipinski definition) is 1. The standard InChI is InChI=1S/C12H9BrN2O3/c1-7(16)14-11-5-2-8-6-9(15(17)18)3-4-10(8)12(11)13/h2-6H,1H3,(H,14,16). The van der Waals surface area contributed by atoms with Crippen molar-refractivity contribution in [3.05, 3.63) is 44.9 Å². The maximum atomic E-state index is 11.0. The number of non-ortho nitro benzene ring substituents is 1. The first kappa shape index (κ1) is 12.5. The number of nitro benzene ring substituents is 1. The molecule has 2 aromatic rings. The van der Waals surface area contributed by atoms with Crippen LogP contribution in [0.25, 0.3) is 10.8 Å². The van der Waals surface area contributed by atoms with Crippen LogP contribution in [0.3, 0.4) is 0 Å². The first-order chi connectivity index (χ1) is 8.49. The normalized spacial score (nSPS) is 10.3. The number of benzene rings is 2. The highest BCUT2D eigenvalue weighted by molar-refractivity contribution is 9.10. The summed E-state index contributed by atoms with van der Waals surface area (Å²) in [7, 11) is 0. The molecule has 0 atom stereocenters. The Morgan fingerprint density at radius 1 is 1.33 bits per heavy atom. The fourth-order valence-corrected chi connectivity index (χ4v) is 2.27. The van der Waals surface area contributed by atoms with Gasteiger partial charge in [0.25, 0.3) is 5.69 Å². The number of fused-ring (bicyclic) bond motifs is 1. The SMILES string of the molecule is CC(=O)Nc1ccc2cc([N+](=O)[O-])ccc2c1Br. The zero-order chi connectivity index (χ0) is 13.3. The lowest BCUT2D eigenvalue weighted by molar-refractivity contribution is -0.384. The average molecular weight is 309 g/mol. The number of amides is 1. The van der Waals surface area contributed by atoms with E-state index in [1.165, 1.54) is 19.1 Å². The third-order valence-corrected chi connectivity index (χ3v) is 3.31. The van der Waals surface area contributed by atoms with Gasteiger partial charge in [0.15, 0.2) is 0 Å². The van der Waals surface area contributed by atoms with Crippen LogP contribution in [0.5, 0.6) is 0 Å². The van der Waals surface area contributed by atoms with Crippen molar-refractivity contribution in [1.29, 1.82) is 0 Å². The molecule has 0 fully saturated rings. The van der Waals surface area contributed by atoms with Crippen LogP contribution in [-0.4, -0.2) is 10.8 Å². The van der Waals surface area contributed by atoms with Crippen molar-refractivity contribution >= 4 is 44.0 Å². The molecule has 0 unspecified atom stereocenters. The second kappa shape index (κ2) is 4.73. The van der Waals surface area contributed by atoms with Crippen molar-refractivity contribution in [1.82, 2.24) is 0 Å². The lowest BCUT2D eigenvalue weighted by Crippen LogP contribution is -2.06. The van der Waals surface area contributed by atoms with Crippen LogP contribution in [-0.2, 0) is 4.79 Å². The summed E-state index contributed by atoms with van der Waals surface area (Å²) >= 11 is 3.39. The molecule has 5 nitrogen and oxygen atoms in total. The summed E-state index contributed by atoms with van der Waals surface area (Å²) < 4.78 is 0.713. The molecule has 1 N–H and O–H groups in total. The van der Waals surface area contributed by atoms with E-state index in [1.807, 2.05) is 0 Å². The third kappa shape index (κ3) is 2.33. The molecule has 18 heavy (non-hydrogen) atoms. The number of nitrogens with one attached hydrogen (secondary N) is 1. The van der Waals surface area contributed by atoms with Crippen LogP contribution in [0.15, 0.2) is 34.8 Å². The Morgan fingerprint density at radius 3 is 2.67 bits per heavy atom. The number of halogens is 1. The Morgan fingerprint density at radius 2 is 2.06 bits per heavy atom. The van der Waals surface area contributed by atoms with E-state index in [4.69, 9.17) is 0 Å². The van der Waals surface area contributed by atoms with E-state index in [0.29, 0.717) is 10.2 Å². The molecule has 0 saturated carbocycles. The highest BCUT2D eigenvalue weighted by atomic mass is 79.9. The first-order valence-electron chi connectivity index (χ1n) is 5.13. The van der Waals surface area contributed by atoms with Gasteiger partial charge in [-0.25, -0.2) is 0 Å². The number of nitro groups is 1. The molecule has 0 aliphatic heterocycles. The monoisotopic (exact) mass is 308 g/mol. The predicted octanol–water partition coefficient (Wildman–Crippen LogP) is 3.47. The first-order valence-corrected chi connectivity index (χ1v) is 5.92. The van der Waals surface area contributed by atoms with Gasteiger partial charge in [-0.1, -0.05) is 6.07 Å². The summed E-state index contributed by atoms with van der Waals surface area (Å²) in [5.41, 5.74) is 0.686. The quantitative estimate of drug-likeness (QED) is 0.682. The van der Waals surface area contributed by atoms with Gasteiger partial charge in [-0.05, 0) is 38.8 Å². The fourth-order valence-electron chi connectivity index (χ4n) is 1.68. The second-order valence-corrected chi connectivity index (χ2v) is 4.56. The molecule has 0 saturated heterocycles. The summed E-state index contributed by atoms with van der Waals surface area (Å²) in [6.45, 7) is 1.42. The number of rotatable bonds is 2. The number of carbonyl (C=O) groups is 1. The van der Waals surface area contributed by atoms with Crippen molar-refractivity contribution in [3.63, 3.8) is 0 Å². The minimum atomic E-state index is -0.435. The Balaban J connectivity index is 2.58. The van der Waals surface area contributed by atoms with Gasteiger partial charge >= 0.3 is 0 Å². The summed E-state index contributed by atoms with van der Waals surface area (Å²) in [6, 6.07) is 8.03. The summed E-state index contributed by atoms with van der Waals surface area (Å²) in [5.74, 6) is -0.169. The Hall–Kier alpha value is -1.95. The van der Waals surface area contributed by atoms with E-state index < -0.39 is 4.92 Å². The maximum Gasteiger partial charge on any atom is 0.270 e. The Bertz CT molecular complexity index is 655. The van der Waals surface area contributed by atoms with Gasteiger partial charge < -0.3 is 5.32 Å². The molecule has 0 aromatic heterocycles. The molecule has 0 spiro atoms. The molecule has 0 heterocycles. The zero-order valence-electron chi connectivity index (χ0n) is 9.44. The van der Waals surface area contributed by atoms with Gasteiger partial charge in [0.1, 0.15) is 0 Å². The molecule has 1 amide bonds. The van der Waals surface area contributed by atoms with Crippen LogP contribution in [0, 0.1) is 10.1 Å². The average Bonchev–Trinajstić information content (AvgIpc) is 2.32. The molecule has 2 aromatic carbocycles. The van der Waals surface area contributed by atoms with Gasteiger partial charge in [-0.2, -0.15) is 0 Å². The Kier molecular flexibility index (Phi) is 3.29. The third-order valence-electron chi connectivity index (χ3n) is 2.46. The van der Waals surface area contributed by atoms with Crippen molar-refractivity contribution in [2.75, 3.05) is 5.32 Å². The molecule has 0 aliphatic rings. The van der Waals surface area contributed by atoms with Gasteiger partial charge in [-0.3, -0.25) is 14.9 Å². The highest BCUT2D eigenvalue weighted by Gasteiger charge is 2.10. The van der Waals surface area contributed by atoms with Crippen molar-refractivity contribution in [3.8, 4) is 0 Å². The van der Waals surface area contributed by atoms with Gasteiger partial charge in [0.05, 0.1) is 10.6 Å². The number of anilines is 1. The zero-order valence-corrected chi connectivity index (χ0v) is 11.0. The topological polar surface area (TPSA) is 72.2 Å². The summed E-state index contributed by atoms with van der Waals surface area (Å²) in [4.78, 5) is 21.3. The van der Waals surface area contributed by atoms with E-state index in [1.54, 1.807) is 18.2 Å². The number of nitrogens with zero attached hydrogens (tertiary/aromatic N) is 1. The van der Waals surface area contributed by atoms with Crippen LogP contribution >= 0.6 is 15.9 Å². The lowest BCUT2D eigenvalue weighted by Gasteiger charge is -2.08. The summed E-state index contributed by atoms with van der Waals surface area (Å²) in [6.07, 6.45) is 0. The van der Waals surface area contributed by atoms with Crippen molar-refractivity contribution < 1.29 is 9.72 Å². The van der Waals surface area contributed by atoms with Crippen molar-refractivity contribution in [2.24, 2.45) is 0 Å². The number of hydrogen-bond acceptors (Lipinski definition) is 3. The highest BCUT2D eigenvalue weighted by Crippen LogP contribution is 2.33. The van der Waals surface area contributed by atoms with Crippen LogP contribution in [0.2, 0.25) is 0 Å². The minimum Gasteiger partial charge on any atom is -0.325 e. The van der Waals surface area contributed by atoms with E-state index in [0.717, 1.165) is 10.8 Å². The van der Waals surface area contributed by atoms with Gasteiger partial charge in [0, 0.05) is 23.5 Å². The maximum absolute atomic E-state index is 11.0. The minimum absolute atomic E-state index is 0.0432. The lowest BCUT2D eigenvalue weighted by atomic mass is 10.1. The molecule has 2 rings (SSSR count).